The molecule has 36 heavy (non-hydrogen) atoms. The van der Waals surface area contributed by atoms with Crippen LogP contribution in [0.15, 0.2) is 55.0 Å². The molecule has 11 heteroatoms. The van der Waals surface area contributed by atoms with E-state index < -0.39 is 0 Å². The summed E-state index contributed by atoms with van der Waals surface area (Å²) in [7, 11) is 1.50. The molecule has 0 aliphatic carbocycles. The predicted octanol–water partition coefficient (Wildman–Crippen LogP) is 3.55. The van der Waals surface area contributed by atoms with Gasteiger partial charge in [0.15, 0.2) is 5.65 Å². The van der Waals surface area contributed by atoms with Crippen LogP contribution < -0.4 is 9.64 Å². The van der Waals surface area contributed by atoms with Gasteiger partial charge in [0.2, 0.25) is 17.5 Å². The summed E-state index contributed by atoms with van der Waals surface area (Å²) < 4.78 is 12.9. The number of carbonyl (C=O) groups is 1. The summed E-state index contributed by atoms with van der Waals surface area (Å²) in [5, 5.41) is 12.9. The highest BCUT2D eigenvalue weighted by atomic mass is 16.5. The molecule has 0 amide bonds. The fourth-order valence-corrected chi connectivity index (χ4v) is 4.55. The number of methoxy groups -OCH3 is 1. The van der Waals surface area contributed by atoms with Crippen LogP contribution in [0.4, 0.5) is 11.6 Å². The van der Waals surface area contributed by atoms with Gasteiger partial charge in [0.05, 0.1) is 18.8 Å². The number of hydrogen-bond donors (Lipinski definition) is 1. The molecule has 5 aromatic rings. The molecule has 2 unspecified atom stereocenters. The Kier molecular flexibility index (Phi) is 5.53. The molecule has 11 nitrogen and oxygen atoms in total. The van der Waals surface area contributed by atoms with E-state index in [0.29, 0.717) is 29.6 Å². The van der Waals surface area contributed by atoms with Crippen molar-refractivity contribution in [2.75, 3.05) is 18.6 Å². The molecule has 0 spiro atoms. The number of nitrogens with one attached hydrogen (secondary N) is 1. The van der Waals surface area contributed by atoms with Crippen LogP contribution in [0.3, 0.4) is 0 Å². The molecule has 0 bridgehead atoms. The van der Waals surface area contributed by atoms with Crippen molar-refractivity contribution in [2.45, 2.75) is 26.0 Å². The van der Waals surface area contributed by atoms with E-state index in [0.717, 1.165) is 29.4 Å². The number of H-pyrrole nitrogens is 1. The van der Waals surface area contributed by atoms with Crippen molar-refractivity contribution in [1.82, 2.24) is 34.8 Å². The number of benzene rings is 1. The van der Waals surface area contributed by atoms with Crippen molar-refractivity contribution in [3.8, 4) is 5.88 Å². The minimum absolute atomic E-state index is 0.140. The SMILES string of the molecule is COc1cc(C(=O)c2nccc3nc(N(c4ccc5cn[nH]c5c4)C4OCCCC4C)nn23)ccn1. The molecular formula is C25H24N8O3. The maximum Gasteiger partial charge on any atom is 0.252 e. The van der Waals surface area contributed by atoms with E-state index in [9.17, 15) is 4.79 Å². The number of rotatable bonds is 6. The number of ether oxygens (including phenoxy) is 2. The first-order chi connectivity index (χ1) is 17.6. The van der Waals surface area contributed by atoms with E-state index in [2.05, 4.69) is 27.1 Å². The maximum atomic E-state index is 13.4. The molecule has 1 aliphatic heterocycles. The first-order valence-electron chi connectivity index (χ1n) is 11.7. The molecule has 1 aliphatic rings. The lowest BCUT2D eigenvalue weighted by atomic mass is 10.00. The highest BCUT2D eigenvalue weighted by Gasteiger charge is 2.33. The molecule has 5 heterocycles. The zero-order valence-electron chi connectivity index (χ0n) is 19.8. The van der Waals surface area contributed by atoms with Crippen molar-refractivity contribution < 1.29 is 14.3 Å². The average Bonchev–Trinajstić information content (AvgIpc) is 3.56. The number of pyridine rings is 1. The van der Waals surface area contributed by atoms with Crippen LogP contribution in [0.25, 0.3) is 16.6 Å². The van der Waals surface area contributed by atoms with E-state index in [1.807, 2.05) is 23.1 Å². The second kappa shape index (κ2) is 9.00. The molecular weight excluding hydrogens is 460 g/mol. The quantitative estimate of drug-likeness (QED) is 0.360. The van der Waals surface area contributed by atoms with Crippen LogP contribution in [0.2, 0.25) is 0 Å². The minimum Gasteiger partial charge on any atom is -0.481 e. The van der Waals surface area contributed by atoms with Crippen molar-refractivity contribution >= 4 is 34.0 Å². The van der Waals surface area contributed by atoms with Crippen molar-refractivity contribution in [3.63, 3.8) is 0 Å². The molecule has 1 fully saturated rings. The van der Waals surface area contributed by atoms with Gasteiger partial charge in [-0.2, -0.15) is 14.6 Å². The van der Waals surface area contributed by atoms with E-state index in [-0.39, 0.29) is 23.8 Å². The topological polar surface area (TPSA) is 123 Å². The third-order valence-electron chi connectivity index (χ3n) is 6.40. The number of anilines is 2. The second-order valence-electron chi connectivity index (χ2n) is 8.76. The number of aromatic nitrogens is 7. The highest BCUT2D eigenvalue weighted by molar-refractivity contribution is 6.07. The lowest BCUT2D eigenvalue weighted by Crippen LogP contribution is -2.42. The first kappa shape index (κ1) is 22.1. The number of carbonyl (C=O) groups excluding carboxylic acids is 1. The first-order valence-corrected chi connectivity index (χ1v) is 11.7. The van der Waals surface area contributed by atoms with Crippen LogP contribution in [0.1, 0.15) is 35.9 Å². The Morgan fingerprint density at radius 2 is 2.08 bits per heavy atom. The minimum atomic E-state index is -0.314. The van der Waals surface area contributed by atoms with Gasteiger partial charge in [-0.1, -0.05) is 6.92 Å². The Hall–Kier alpha value is -4.38. The molecule has 6 rings (SSSR count). The Morgan fingerprint density at radius 3 is 2.94 bits per heavy atom. The van der Waals surface area contributed by atoms with Gasteiger partial charge in [-0.15, -0.1) is 5.10 Å². The fourth-order valence-electron chi connectivity index (χ4n) is 4.55. The molecule has 1 N–H and O–H groups in total. The predicted molar refractivity (Wildman–Crippen MR) is 131 cm³/mol. The summed E-state index contributed by atoms with van der Waals surface area (Å²) in [6.45, 7) is 2.81. The van der Waals surface area contributed by atoms with Gasteiger partial charge in [0, 0.05) is 53.7 Å². The summed E-state index contributed by atoms with van der Waals surface area (Å²) in [6, 6.07) is 10.9. The largest absolute Gasteiger partial charge is 0.481 e. The lowest BCUT2D eigenvalue weighted by molar-refractivity contribution is -0.0160. The number of fused-ring (bicyclic) bond motifs is 2. The van der Waals surface area contributed by atoms with E-state index in [4.69, 9.17) is 19.6 Å². The van der Waals surface area contributed by atoms with Crippen LogP contribution >= 0.6 is 0 Å². The third kappa shape index (κ3) is 3.83. The van der Waals surface area contributed by atoms with E-state index in [1.165, 1.54) is 17.8 Å². The Bertz CT molecular complexity index is 1560. The van der Waals surface area contributed by atoms with Gasteiger partial charge in [0.25, 0.3) is 5.95 Å². The van der Waals surface area contributed by atoms with Gasteiger partial charge < -0.3 is 9.47 Å². The van der Waals surface area contributed by atoms with Gasteiger partial charge in [0.1, 0.15) is 6.23 Å². The van der Waals surface area contributed by atoms with Gasteiger partial charge >= 0.3 is 0 Å². The summed E-state index contributed by atoms with van der Waals surface area (Å²) in [6.07, 6.45) is 6.61. The van der Waals surface area contributed by atoms with Gasteiger partial charge in [-0.05, 0) is 37.1 Å². The third-order valence-corrected chi connectivity index (χ3v) is 6.40. The molecule has 0 radical (unpaired) electrons. The Labute approximate surface area is 206 Å². The van der Waals surface area contributed by atoms with Crippen molar-refractivity contribution in [3.05, 3.63) is 66.4 Å². The molecule has 1 saturated heterocycles. The monoisotopic (exact) mass is 484 g/mol. The molecule has 182 valence electrons. The maximum absolute atomic E-state index is 13.4. The zero-order chi connectivity index (χ0) is 24.6. The second-order valence-corrected chi connectivity index (χ2v) is 8.76. The van der Waals surface area contributed by atoms with Gasteiger partial charge in [-0.25, -0.2) is 9.97 Å². The standard InChI is InChI=1S/C25H24N8O3/c1-15-4-3-11-36-24(15)32(18-6-5-17-14-28-30-19(17)13-18)25-29-20-8-10-27-23(33(20)31-25)22(34)16-7-9-26-21(12-16)35-2/h5-10,12-15,24H,3-4,11H2,1-2H3,(H,28,30). The summed E-state index contributed by atoms with van der Waals surface area (Å²) in [4.78, 5) is 28.5. The van der Waals surface area contributed by atoms with E-state index >= 15 is 0 Å². The summed E-state index contributed by atoms with van der Waals surface area (Å²) >= 11 is 0. The van der Waals surface area contributed by atoms with Crippen molar-refractivity contribution in [2.24, 2.45) is 5.92 Å². The van der Waals surface area contributed by atoms with Crippen LogP contribution in [0.5, 0.6) is 5.88 Å². The van der Waals surface area contributed by atoms with Crippen LogP contribution in [-0.4, -0.2) is 60.5 Å². The molecule has 4 aromatic heterocycles. The number of ketones is 1. The molecule has 1 aromatic carbocycles. The smallest absolute Gasteiger partial charge is 0.252 e. The van der Waals surface area contributed by atoms with E-state index in [1.54, 1.807) is 30.6 Å². The highest BCUT2D eigenvalue weighted by Crippen LogP contribution is 2.34. The molecule has 2 atom stereocenters. The summed E-state index contributed by atoms with van der Waals surface area (Å²) in [5.41, 5.74) is 2.65. The average molecular weight is 485 g/mol. The summed E-state index contributed by atoms with van der Waals surface area (Å²) in [5.74, 6) is 0.830. The normalized spacial score (nSPS) is 17.9. The van der Waals surface area contributed by atoms with Crippen molar-refractivity contribution in [1.29, 1.82) is 0 Å². The number of aromatic amines is 1. The zero-order valence-corrected chi connectivity index (χ0v) is 19.8. The lowest BCUT2D eigenvalue weighted by Gasteiger charge is -2.37. The van der Waals surface area contributed by atoms with Crippen LogP contribution in [-0.2, 0) is 4.74 Å². The molecule has 0 saturated carbocycles. The Morgan fingerprint density at radius 1 is 1.19 bits per heavy atom. The number of nitrogens with zero attached hydrogens (tertiary/aromatic N) is 7. The van der Waals surface area contributed by atoms with Gasteiger partial charge in [-0.3, -0.25) is 14.8 Å². The number of hydrogen-bond acceptors (Lipinski definition) is 9. The van der Waals surface area contributed by atoms with Crippen LogP contribution in [0, 0.1) is 5.92 Å². The Balaban J connectivity index is 1.47. The fraction of sp³-hybridized carbons (Fsp3) is 0.280.